The Labute approximate surface area is 116 Å². The number of hydrogen-bond donors (Lipinski definition) is 1. The minimum absolute atomic E-state index is 0.111. The molecule has 3 heterocycles. The average molecular weight is 275 g/mol. The van der Waals surface area contributed by atoms with Crippen molar-refractivity contribution in [2.24, 2.45) is 0 Å². The number of pyridine rings is 1. The molecule has 6 heteroatoms. The van der Waals surface area contributed by atoms with Gasteiger partial charge in [0.25, 0.3) is 5.91 Å². The lowest BCUT2D eigenvalue weighted by Gasteiger charge is -2.18. The van der Waals surface area contributed by atoms with Crippen molar-refractivity contribution in [1.29, 1.82) is 0 Å². The van der Waals surface area contributed by atoms with E-state index in [-0.39, 0.29) is 5.91 Å². The highest BCUT2D eigenvalue weighted by molar-refractivity contribution is 5.93. The van der Waals surface area contributed by atoms with Crippen LogP contribution >= 0.6 is 0 Å². The van der Waals surface area contributed by atoms with Crippen LogP contribution in [0.2, 0.25) is 0 Å². The highest BCUT2D eigenvalue weighted by atomic mass is 16.5. The first kappa shape index (κ1) is 12.9. The number of ether oxygens (including phenoxy) is 1. The lowest BCUT2D eigenvalue weighted by Crippen LogP contribution is -2.34. The molecule has 1 amide bonds. The summed E-state index contributed by atoms with van der Waals surface area (Å²) in [5.41, 5.74) is 0.373. The number of rotatable bonds is 2. The molecule has 1 unspecified atom stereocenters. The third-order valence-corrected chi connectivity index (χ3v) is 3.68. The average Bonchev–Trinajstić information content (AvgIpc) is 3.00. The molecule has 1 saturated heterocycles. The molecule has 1 aliphatic rings. The van der Waals surface area contributed by atoms with Crippen LogP contribution in [0, 0.1) is 0 Å². The fourth-order valence-electron chi connectivity index (χ4n) is 2.53. The van der Waals surface area contributed by atoms with Crippen molar-refractivity contribution in [3.63, 3.8) is 0 Å². The van der Waals surface area contributed by atoms with Crippen molar-refractivity contribution < 1.29 is 14.6 Å². The van der Waals surface area contributed by atoms with E-state index in [1.165, 1.54) is 0 Å². The topological polar surface area (TPSA) is 67.1 Å². The molecule has 106 valence electrons. The fourth-order valence-corrected chi connectivity index (χ4v) is 2.53. The largest absolute Gasteiger partial charge is 0.497 e. The van der Waals surface area contributed by atoms with Gasteiger partial charge in [0.05, 0.1) is 18.9 Å². The van der Waals surface area contributed by atoms with Gasteiger partial charge >= 0.3 is 0 Å². The molecule has 2 aromatic rings. The number of aromatic nitrogens is 2. The molecule has 6 nitrogen and oxygen atoms in total. The Morgan fingerprint density at radius 3 is 3.00 bits per heavy atom. The standard InChI is InChI=1S/C14H17N3O3/c1-14(19)4-6-16(9-14)13(18)11-8-15-12-7-10(20-2)3-5-17(11)12/h3,5,7-8,19H,4,6,9H2,1-2H3. The van der Waals surface area contributed by atoms with Crippen molar-refractivity contribution in [3.8, 4) is 5.75 Å². The molecule has 0 spiro atoms. The maximum Gasteiger partial charge on any atom is 0.272 e. The van der Waals surface area contributed by atoms with Gasteiger partial charge in [0.1, 0.15) is 17.1 Å². The zero-order chi connectivity index (χ0) is 14.3. The summed E-state index contributed by atoms with van der Waals surface area (Å²) >= 11 is 0. The van der Waals surface area contributed by atoms with Crippen LogP contribution in [0.3, 0.4) is 0 Å². The van der Waals surface area contributed by atoms with E-state index in [9.17, 15) is 9.90 Å². The molecule has 1 aliphatic heterocycles. The molecule has 3 rings (SSSR count). The summed E-state index contributed by atoms with van der Waals surface area (Å²) in [6.45, 7) is 2.67. The van der Waals surface area contributed by atoms with Gasteiger partial charge < -0.3 is 14.7 Å². The van der Waals surface area contributed by atoms with Crippen molar-refractivity contribution in [2.45, 2.75) is 18.9 Å². The third-order valence-electron chi connectivity index (χ3n) is 3.68. The number of hydrogen-bond acceptors (Lipinski definition) is 4. The Hall–Kier alpha value is -2.08. The Morgan fingerprint density at radius 2 is 2.35 bits per heavy atom. The molecule has 1 atom stereocenters. The van der Waals surface area contributed by atoms with E-state index in [0.717, 1.165) is 0 Å². The summed E-state index contributed by atoms with van der Waals surface area (Å²) in [5, 5.41) is 9.96. The molecule has 20 heavy (non-hydrogen) atoms. The van der Waals surface area contributed by atoms with Crippen molar-refractivity contribution >= 4 is 11.6 Å². The van der Waals surface area contributed by atoms with Crippen LogP contribution in [0.5, 0.6) is 5.75 Å². The number of nitrogens with zero attached hydrogens (tertiary/aromatic N) is 3. The lowest BCUT2D eigenvalue weighted by atomic mass is 10.1. The molecule has 1 fully saturated rings. The number of methoxy groups -OCH3 is 1. The zero-order valence-electron chi connectivity index (χ0n) is 11.5. The van der Waals surface area contributed by atoms with E-state index in [1.807, 2.05) is 0 Å². The SMILES string of the molecule is COc1ccn2c(C(=O)N3CCC(C)(O)C3)cnc2c1. The van der Waals surface area contributed by atoms with Gasteiger partial charge in [-0.25, -0.2) is 4.98 Å². The van der Waals surface area contributed by atoms with Crippen LogP contribution in [-0.4, -0.2) is 51.1 Å². The van der Waals surface area contributed by atoms with Gasteiger partial charge in [-0.15, -0.1) is 0 Å². The van der Waals surface area contributed by atoms with E-state index >= 15 is 0 Å². The maximum absolute atomic E-state index is 12.5. The molecule has 2 aromatic heterocycles. The van der Waals surface area contributed by atoms with Crippen LogP contribution < -0.4 is 4.74 Å². The van der Waals surface area contributed by atoms with E-state index in [0.29, 0.717) is 36.6 Å². The van der Waals surface area contributed by atoms with Gasteiger partial charge in [-0.3, -0.25) is 9.20 Å². The lowest BCUT2D eigenvalue weighted by molar-refractivity contribution is 0.0568. The number of imidazole rings is 1. The molecular formula is C14H17N3O3. The molecule has 0 saturated carbocycles. The molecule has 0 radical (unpaired) electrons. The normalized spacial score (nSPS) is 22.4. The van der Waals surface area contributed by atoms with Crippen molar-refractivity contribution in [3.05, 3.63) is 30.2 Å². The van der Waals surface area contributed by atoms with Gasteiger partial charge in [-0.05, 0) is 19.4 Å². The van der Waals surface area contributed by atoms with Gasteiger partial charge in [0, 0.05) is 25.4 Å². The second-order valence-corrected chi connectivity index (χ2v) is 5.41. The predicted molar refractivity (Wildman–Crippen MR) is 72.9 cm³/mol. The summed E-state index contributed by atoms with van der Waals surface area (Å²) in [6.07, 6.45) is 3.93. The number of fused-ring (bicyclic) bond motifs is 1. The molecule has 1 N–H and O–H groups in total. The summed E-state index contributed by atoms with van der Waals surface area (Å²) in [7, 11) is 1.59. The first-order chi connectivity index (χ1) is 9.50. The molecule has 0 aromatic carbocycles. The van der Waals surface area contributed by atoms with Crippen LogP contribution in [-0.2, 0) is 0 Å². The Kier molecular flexibility index (Phi) is 2.90. The number of carbonyl (C=O) groups excluding carboxylic acids is 1. The van der Waals surface area contributed by atoms with Gasteiger partial charge in [0.2, 0.25) is 0 Å². The second kappa shape index (κ2) is 4.49. The van der Waals surface area contributed by atoms with E-state index in [4.69, 9.17) is 4.74 Å². The highest BCUT2D eigenvalue weighted by Crippen LogP contribution is 2.23. The van der Waals surface area contributed by atoms with Gasteiger partial charge in [-0.2, -0.15) is 0 Å². The van der Waals surface area contributed by atoms with Crippen LogP contribution in [0.1, 0.15) is 23.8 Å². The van der Waals surface area contributed by atoms with Gasteiger partial charge in [-0.1, -0.05) is 0 Å². The highest BCUT2D eigenvalue weighted by Gasteiger charge is 2.35. The number of β-amino-alcohol motifs (C(OH)–C–C–N with tert-alkyl or cyclic N) is 1. The van der Waals surface area contributed by atoms with E-state index in [1.54, 1.807) is 47.9 Å². The summed E-state index contributed by atoms with van der Waals surface area (Å²) < 4.78 is 6.87. The smallest absolute Gasteiger partial charge is 0.272 e. The summed E-state index contributed by atoms with van der Waals surface area (Å²) in [4.78, 5) is 18.4. The quantitative estimate of drug-likeness (QED) is 0.885. The first-order valence-electron chi connectivity index (χ1n) is 6.53. The van der Waals surface area contributed by atoms with Crippen molar-refractivity contribution in [1.82, 2.24) is 14.3 Å². The maximum atomic E-state index is 12.5. The van der Waals surface area contributed by atoms with E-state index in [2.05, 4.69) is 4.98 Å². The van der Waals surface area contributed by atoms with Crippen LogP contribution in [0.25, 0.3) is 5.65 Å². The summed E-state index contributed by atoms with van der Waals surface area (Å²) in [6, 6.07) is 3.56. The number of aliphatic hydroxyl groups is 1. The van der Waals surface area contributed by atoms with Crippen molar-refractivity contribution in [2.75, 3.05) is 20.2 Å². The monoisotopic (exact) mass is 275 g/mol. The van der Waals surface area contributed by atoms with Gasteiger partial charge in [0.15, 0.2) is 0 Å². The first-order valence-corrected chi connectivity index (χ1v) is 6.53. The Balaban J connectivity index is 1.92. The predicted octanol–water partition coefficient (Wildman–Crippen LogP) is 0.940. The zero-order valence-corrected chi connectivity index (χ0v) is 11.5. The number of likely N-dealkylation sites (tertiary alicyclic amines) is 1. The molecular weight excluding hydrogens is 258 g/mol. The molecule has 0 aliphatic carbocycles. The van der Waals surface area contributed by atoms with Crippen LogP contribution in [0.4, 0.5) is 0 Å². The fraction of sp³-hybridized carbons (Fsp3) is 0.429. The minimum Gasteiger partial charge on any atom is -0.497 e. The number of carbonyl (C=O) groups is 1. The minimum atomic E-state index is -0.792. The summed E-state index contributed by atoms with van der Waals surface area (Å²) in [5.74, 6) is 0.589. The second-order valence-electron chi connectivity index (χ2n) is 5.41. The van der Waals surface area contributed by atoms with Crippen LogP contribution in [0.15, 0.2) is 24.5 Å². The number of amides is 1. The Bertz CT molecular complexity index is 663. The molecule has 0 bridgehead atoms. The Morgan fingerprint density at radius 1 is 1.55 bits per heavy atom. The van der Waals surface area contributed by atoms with E-state index < -0.39 is 5.60 Å². The third kappa shape index (κ3) is 2.12.